The average molecular weight is 282 g/mol. The quantitative estimate of drug-likeness (QED) is 0.687. The molecule has 2 fully saturated rings. The molecule has 2 aliphatic heterocycles. The molecule has 6 nitrogen and oxygen atoms in total. The van der Waals surface area contributed by atoms with Crippen molar-refractivity contribution in [3.63, 3.8) is 0 Å². The molecule has 0 aliphatic carbocycles. The predicted molar refractivity (Wildman–Crippen MR) is 77.1 cm³/mol. The molecule has 0 atom stereocenters. The fourth-order valence-corrected chi connectivity index (χ4v) is 3.12. The van der Waals surface area contributed by atoms with Crippen LogP contribution in [-0.4, -0.2) is 66.9 Å². The lowest BCUT2D eigenvalue weighted by molar-refractivity contribution is -0.146. The molecule has 0 aromatic carbocycles. The Morgan fingerprint density at radius 3 is 2.30 bits per heavy atom. The van der Waals surface area contributed by atoms with Crippen LogP contribution >= 0.6 is 0 Å². The summed E-state index contributed by atoms with van der Waals surface area (Å²) in [6.07, 6.45) is 5.89. The lowest BCUT2D eigenvalue weighted by atomic mass is 10.00. The Bertz CT molecular complexity index is 334. The molecule has 0 bridgehead atoms. The first-order valence-electron chi connectivity index (χ1n) is 7.73. The van der Waals surface area contributed by atoms with Gasteiger partial charge in [-0.3, -0.25) is 9.59 Å². The van der Waals surface area contributed by atoms with E-state index in [-0.39, 0.29) is 0 Å². The maximum atomic E-state index is 11.9. The molecule has 0 spiro atoms. The normalized spacial score (nSPS) is 21.8. The van der Waals surface area contributed by atoms with Crippen molar-refractivity contribution in [1.82, 2.24) is 15.1 Å². The molecule has 2 aliphatic rings. The third kappa shape index (κ3) is 3.93. The number of piperidine rings is 2. The Hall–Kier alpha value is -1.14. The molecule has 0 aromatic rings. The first-order valence-corrected chi connectivity index (χ1v) is 7.73. The van der Waals surface area contributed by atoms with Crippen molar-refractivity contribution in [1.29, 1.82) is 0 Å². The summed E-state index contributed by atoms with van der Waals surface area (Å²) in [5.41, 5.74) is 5.31. The maximum Gasteiger partial charge on any atom is 0.311 e. The first-order chi connectivity index (χ1) is 9.72. The molecule has 2 amide bonds. The van der Waals surface area contributed by atoms with Crippen molar-refractivity contribution in [3.8, 4) is 0 Å². The molecule has 2 heterocycles. The van der Waals surface area contributed by atoms with Crippen LogP contribution in [0.2, 0.25) is 0 Å². The maximum absolute atomic E-state index is 11.9. The summed E-state index contributed by atoms with van der Waals surface area (Å²) in [6, 6.07) is 0.589. The summed E-state index contributed by atoms with van der Waals surface area (Å²) in [5, 5.41) is 2.54. The van der Waals surface area contributed by atoms with E-state index in [0.717, 1.165) is 12.8 Å². The minimum Gasteiger partial charge on any atom is -0.347 e. The molecule has 6 heteroatoms. The molecule has 0 saturated carbocycles. The van der Waals surface area contributed by atoms with Crippen LogP contribution in [0.3, 0.4) is 0 Å². The van der Waals surface area contributed by atoms with Gasteiger partial charge in [-0.2, -0.15) is 0 Å². The van der Waals surface area contributed by atoms with Crippen molar-refractivity contribution in [2.75, 3.05) is 39.3 Å². The Labute approximate surface area is 120 Å². The highest BCUT2D eigenvalue weighted by Gasteiger charge is 2.29. The SMILES string of the molecule is NCCNC(=O)C(=O)N1CCC(N2CCCCC2)CC1. The summed E-state index contributed by atoms with van der Waals surface area (Å²) >= 11 is 0. The largest absolute Gasteiger partial charge is 0.347 e. The second-order valence-corrected chi connectivity index (χ2v) is 5.66. The number of nitrogens with two attached hydrogens (primary N) is 1. The number of nitrogens with one attached hydrogen (secondary N) is 1. The van der Waals surface area contributed by atoms with Gasteiger partial charge in [0.2, 0.25) is 0 Å². The molecule has 114 valence electrons. The molecule has 2 rings (SSSR count). The van der Waals surface area contributed by atoms with Gasteiger partial charge in [0, 0.05) is 32.2 Å². The fraction of sp³-hybridized carbons (Fsp3) is 0.857. The number of carbonyl (C=O) groups excluding carboxylic acids is 2. The Balaban J connectivity index is 1.75. The molecule has 3 N–H and O–H groups in total. The number of amides is 2. The van der Waals surface area contributed by atoms with Crippen LogP contribution in [0.15, 0.2) is 0 Å². The van der Waals surface area contributed by atoms with Crippen molar-refractivity contribution >= 4 is 11.8 Å². The highest BCUT2D eigenvalue weighted by Crippen LogP contribution is 2.20. The van der Waals surface area contributed by atoms with E-state index in [2.05, 4.69) is 10.2 Å². The van der Waals surface area contributed by atoms with Gasteiger partial charge in [0.25, 0.3) is 0 Å². The molecule has 20 heavy (non-hydrogen) atoms. The van der Waals surface area contributed by atoms with E-state index in [0.29, 0.717) is 32.2 Å². The molecule has 2 saturated heterocycles. The van der Waals surface area contributed by atoms with E-state index in [9.17, 15) is 9.59 Å². The number of nitrogens with zero attached hydrogens (tertiary/aromatic N) is 2. The summed E-state index contributed by atoms with van der Waals surface area (Å²) in [7, 11) is 0. The number of rotatable bonds is 3. The average Bonchev–Trinajstić information content (AvgIpc) is 2.53. The van der Waals surface area contributed by atoms with Crippen molar-refractivity contribution < 1.29 is 9.59 Å². The van der Waals surface area contributed by atoms with Crippen LogP contribution < -0.4 is 11.1 Å². The van der Waals surface area contributed by atoms with Gasteiger partial charge in [-0.1, -0.05) is 6.42 Å². The Morgan fingerprint density at radius 2 is 1.70 bits per heavy atom. The van der Waals surface area contributed by atoms with Crippen LogP contribution in [0.25, 0.3) is 0 Å². The zero-order valence-corrected chi connectivity index (χ0v) is 12.1. The minimum absolute atomic E-state index is 0.356. The predicted octanol–water partition coefficient (Wildman–Crippen LogP) is -0.462. The van der Waals surface area contributed by atoms with Gasteiger partial charge in [-0.15, -0.1) is 0 Å². The number of likely N-dealkylation sites (tertiary alicyclic amines) is 2. The summed E-state index contributed by atoms with van der Waals surface area (Å²) < 4.78 is 0. The smallest absolute Gasteiger partial charge is 0.311 e. The Morgan fingerprint density at radius 1 is 1.05 bits per heavy atom. The zero-order valence-electron chi connectivity index (χ0n) is 12.1. The molecular formula is C14H26N4O2. The molecule has 0 unspecified atom stereocenters. The second kappa shape index (κ2) is 7.59. The van der Waals surface area contributed by atoms with Crippen LogP contribution in [0.4, 0.5) is 0 Å². The van der Waals surface area contributed by atoms with E-state index in [1.807, 2.05) is 0 Å². The van der Waals surface area contributed by atoms with E-state index in [1.165, 1.54) is 32.4 Å². The topological polar surface area (TPSA) is 78.7 Å². The highest BCUT2D eigenvalue weighted by atomic mass is 16.2. The third-order valence-electron chi connectivity index (χ3n) is 4.28. The van der Waals surface area contributed by atoms with Gasteiger partial charge < -0.3 is 20.9 Å². The van der Waals surface area contributed by atoms with Crippen molar-refractivity contribution in [3.05, 3.63) is 0 Å². The van der Waals surface area contributed by atoms with Crippen LogP contribution in [0.1, 0.15) is 32.1 Å². The van der Waals surface area contributed by atoms with Crippen molar-refractivity contribution in [2.45, 2.75) is 38.1 Å². The van der Waals surface area contributed by atoms with Gasteiger partial charge in [-0.25, -0.2) is 0 Å². The van der Waals surface area contributed by atoms with Gasteiger partial charge >= 0.3 is 11.8 Å². The van der Waals surface area contributed by atoms with Crippen LogP contribution in [0, 0.1) is 0 Å². The minimum atomic E-state index is -0.521. The highest BCUT2D eigenvalue weighted by molar-refractivity contribution is 6.35. The summed E-state index contributed by atoms with van der Waals surface area (Å²) in [5.74, 6) is -0.928. The van der Waals surface area contributed by atoms with Crippen molar-refractivity contribution in [2.24, 2.45) is 5.73 Å². The second-order valence-electron chi connectivity index (χ2n) is 5.66. The zero-order chi connectivity index (χ0) is 14.4. The molecule has 0 radical (unpaired) electrons. The summed E-state index contributed by atoms with van der Waals surface area (Å²) in [4.78, 5) is 27.8. The summed E-state index contributed by atoms with van der Waals surface area (Å²) in [6.45, 7) is 4.47. The number of hydrogen-bond acceptors (Lipinski definition) is 4. The standard InChI is InChI=1S/C14H26N4O2/c15-6-7-16-13(19)14(20)18-10-4-12(5-11-18)17-8-2-1-3-9-17/h12H,1-11,15H2,(H,16,19). The number of hydrogen-bond donors (Lipinski definition) is 2. The molecular weight excluding hydrogens is 256 g/mol. The van der Waals surface area contributed by atoms with Gasteiger partial charge in [0.05, 0.1) is 0 Å². The number of carbonyl (C=O) groups is 2. The third-order valence-corrected chi connectivity index (χ3v) is 4.28. The molecule has 0 aromatic heterocycles. The van der Waals surface area contributed by atoms with E-state index < -0.39 is 11.8 Å². The Kier molecular flexibility index (Phi) is 5.79. The first kappa shape index (κ1) is 15.3. The van der Waals surface area contributed by atoms with Gasteiger partial charge in [0.1, 0.15) is 0 Å². The van der Waals surface area contributed by atoms with E-state index in [4.69, 9.17) is 5.73 Å². The van der Waals surface area contributed by atoms with Crippen LogP contribution in [-0.2, 0) is 9.59 Å². The van der Waals surface area contributed by atoms with Crippen LogP contribution in [0.5, 0.6) is 0 Å². The van der Waals surface area contributed by atoms with Gasteiger partial charge in [-0.05, 0) is 38.8 Å². The fourth-order valence-electron chi connectivity index (χ4n) is 3.12. The lowest BCUT2D eigenvalue weighted by Crippen LogP contribution is -2.51. The van der Waals surface area contributed by atoms with E-state index in [1.54, 1.807) is 4.90 Å². The monoisotopic (exact) mass is 282 g/mol. The lowest BCUT2D eigenvalue weighted by Gasteiger charge is -2.40. The van der Waals surface area contributed by atoms with E-state index >= 15 is 0 Å². The van der Waals surface area contributed by atoms with Gasteiger partial charge in [0.15, 0.2) is 0 Å².